The van der Waals surface area contributed by atoms with Crippen molar-refractivity contribution in [1.82, 2.24) is 20.3 Å². The summed E-state index contributed by atoms with van der Waals surface area (Å²) in [7, 11) is 0. The first-order chi connectivity index (χ1) is 14.7. The molecule has 0 aliphatic carbocycles. The van der Waals surface area contributed by atoms with Gasteiger partial charge in [-0.05, 0) is 43.2 Å². The van der Waals surface area contributed by atoms with Crippen LogP contribution in [0.5, 0.6) is 0 Å². The Balaban J connectivity index is 1.30. The standard InChI is InChI=1S/C22H30N6O2/c29-15-18-4-2-8-28(14-18)21-11-20(25-16-26-21)27-9-5-19(6-10-27)22(30)24-13-17-3-1-7-23-12-17/h1,3,7,11-12,16,18-19,29H,2,4-6,8-10,13-15H2,(H,24,30). The highest BCUT2D eigenvalue weighted by Gasteiger charge is 2.26. The predicted octanol–water partition coefficient (Wildman–Crippen LogP) is 1.61. The number of hydrogen-bond donors (Lipinski definition) is 2. The molecule has 1 atom stereocenters. The van der Waals surface area contributed by atoms with Gasteiger partial charge in [-0.2, -0.15) is 0 Å². The van der Waals surface area contributed by atoms with Gasteiger partial charge in [0.15, 0.2) is 0 Å². The SMILES string of the molecule is O=C(NCc1cccnc1)C1CCN(c2cc(N3CCCC(CO)C3)ncn2)CC1. The molecule has 2 aromatic rings. The lowest BCUT2D eigenvalue weighted by molar-refractivity contribution is -0.125. The Bertz CT molecular complexity index is 825. The van der Waals surface area contributed by atoms with Crippen LogP contribution in [-0.2, 0) is 11.3 Å². The molecular formula is C22H30N6O2. The minimum absolute atomic E-state index is 0.0339. The number of amides is 1. The van der Waals surface area contributed by atoms with E-state index in [9.17, 15) is 9.90 Å². The summed E-state index contributed by atoms with van der Waals surface area (Å²) in [6.07, 6.45) is 8.91. The van der Waals surface area contributed by atoms with Gasteiger partial charge in [-0.1, -0.05) is 6.07 Å². The summed E-state index contributed by atoms with van der Waals surface area (Å²) in [5.74, 6) is 2.31. The summed E-state index contributed by atoms with van der Waals surface area (Å²) in [5, 5.41) is 12.5. The van der Waals surface area contributed by atoms with Gasteiger partial charge < -0.3 is 20.2 Å². The molecule has 2 saturated heterocycles. The highest BCUT2D eigenvalue weighted by atomic mass is 16.3. The molecule has 4 rings (SSSR count). The van der Waals surface area contributed by atoms with Crippen LogP contribution >= 0.6 is 0 Å². The number of rotatable bonds is 6. The number of carbonyl (C=O) groups is 1. The average Bonchev–Trinajstić information content (AvgIpc) is 2.83. The first kappa shape index (κ1) is 20.5. The summed E-state index contributed by atoms with van der Waals surface area (Å²) in [5.41, 5.74) is 1.01. The molecule has 2 aromatic heterocycles. The van der Waals surface area contributed by atoms with E-state index in [1.165, 1.54) is 0 Å². The number of hydrogen-bond acceptors (Lipinski definition) is 7. The molecule has 160 valence electrons. The van der Waals surface area contributed by atoms with E-state index in [0.717, 1.165) is 69.1 Å². The van der Waals surface area contributed by atoms with E-state index in [4.69, 9.17) is 0 Å². The van der Waals surface area contributed by atoms with Crippen molar-refractivity contribution < 1.29 is 9.90 Å². The highest BCUT2D eigenvalue weighted by molar-refractivity contribution is 5.79. The number of nitrogens with one attached hydrogen (secondary N) is 1. The van der Waals surface area contributed by atoms with Crippen molar-refractivity contribution in [1.29, 1.82) is 0 Å². The Kier molecular flexibility index (Phi) is 6.74. The molecule has 4 heterocycles. The minimum atomic E-state index is 0.0339. The topological polar surface area (TPSA) is 94.5 Å². The molecule has 0 spiro atoms. The summed E-state index contributed by atoms with van der Waals surface area (Å²) in [4.78, 5) is 30.0. The van der Waals surface area contributed by atoms with Gasteiger partial charge in [-0.15, -0.1) is 0 Å². The quantitative estimate of drug-likeness (QED) is 0.747. The Hall–Kier alpha value is -2.74. The first-order valence-corrected chi connectivity index (χ1v) is 10.8. The van der Waals surface area contributed by atoms with Crippen LogP contribution in [0.4, 0.5) is 11.6 Å². The summed E-state index contributed by atoms with van der Waals surface area (Å²) >= 11 is 0. The highest BCUT2D eigenvalue weighted by Crippen LogP contribution is 2.26. The molecule has 0 bridgehead atoms. The third-order valence-corrected chi connectivity index (χ3v) is 6.12. The third-order valence-electron chi connectivity index (χ3n) is 6.12. The molecule has 30 heavy (non-hydrogen) atoms. The molecular weight excluding hydrogens is 380 g/mol. The van der Waals surface area contributed by atoms with Gasteiger partial charge in [0, 0.05) is 63.7 Å². The fraction of sp³-hybridized carbons (Fsp3) is 0.545. The zero-order chi connectivity index (χ0) is 20.8. The summed E-state index contributed by atoms with van der Waals surface area (Å²) in [6, 6.07) is 5.89. The van der Waals surface area contributed by atoms with Crippen LogP contribution in [0, 0.1) is 11.8 Å². The van der Waals surface area contributed by atoms with Crippen LogP contribution in [-0.4, -0.2) is 58.8 Å². The summed E-state index contributed by atoms with van der Waals surface area (Å²) < 4.78 is 0. The molecule has 0 saturated carbocycles. The number of carbonyl (C=O) groups excluding carboxylic acids is 1. The second kappa shape index (κ2) is 9.84. The van der Waals surface area contributed by atoms with E-state index in [0.29, 0.717) is 12.5 Å². The maximum Gasteiger partial charge on any atom is 0.223 e. The average molecular weight is 411 g/mol. The second-order valence-corrected chi connectivity index (χ2v) is 8.21. The van der Waals surface area contributed by atoms with E-state index in [2.05, 4.69) is 30.1 Å². The van der Waals surface area contributed by atoms with Crippen molar-refractivity contribution in [3.05, 3.63) is 42.5 Å². The monoisotopic (exact) mass is 410 g/mol. The molecule has 1 unspecified atom stereocenters. The molecule has 2 fully saturated rings. The molecule has 8 nitrogen and oxygen atoms in total. The zero-order valence-corrected chi connectivity index (χ0v) is 17.3. The van der Waals surface area contributed by atoms with Gasteiger partial charge in [0.25, 0.3) is 0 Å². The molecule has 1 amide bonds. The van der Waals surface area contributed by atoms with Gasteiger partial charge >= 0.3 is 0 Å². The Morgan fingerprint density at radius 1 is 1.13 bits per heavy atom. The number of piperidine rings is 2. The van der Waals surface area contributed by atoms with Crippen LogP contribution in [0.15, 0.2) is 36.9 Å². The van der Waals surface area contributed by atoms with E-state index < -0.39 is 0 Å². The fourth-order valence-corrected chi connectivity index (χ4v) is 4.31. The van der Waals surface area contributed by atoms with Crippen molar-refractivity contribution in [2.45, 2.75) is 32.2 Å². The molecule has 8 heteroatoms. The van der Waals surface area contributed by atoms with Crippen LogP contribution < -0.4 is 15.1 Å². The Morgan fingerprint density at radius 2 is 1.93 bits per heavy atom. The van der Waals surface area contributed by atoms with E-state index in [1.807, 2.05) is 18.2 Å². The first-order valence-electron chi connectivity index (χ1n) is 10.8. The number of aliphatic hydroxyl groups excluding tert-OH is 1. The van der Waals surface area contributed by atoms with Gasteiger partial charge in [0.2, 0.25) is 5.91 Å². The van der Waals surface area contributed by atoms with Gasteiger partial charge in [-0.25, -0.2) is 9.97 Å². The lowest BCUT2D eigenvalue weighted by Gasteiger charge is -2.34. The van der Waals surface area contributed by atoms with Crippen LogP contribution in [0.25, 0.3) is 0 Å². The number of aromatic nitrogens is 3. The predicted molar refractivity (Wildman–Crippen MR) is 115 cm³/mol. The number of anilines is 2. The lowest BCUT2D eigenvalue weighted by atomic mass is 9.96. The van der Waals surface area contributed by atoms with Gasteiger partial charge in [-0.3, -0.25) is 9.78 Å². The maximum atomic E-state index is 12.5. The van der Waals surface area contributed by atoms with Crippen molar-refractivity contribution >= 4 is 17.5 Å². The molecule has 2 aliphatic heterocycles. The third kappa shape index (κ3) is 5.05. The number of aliphatic hydroxyl groups is 1. The second-order valence-electron chi connectivity index (χ2n) is 8.21. The largest absolute Gasteiger partial charge is 0.396 e. The van der Waals surface area contributed by atoms with E-state index in [1.54, 1.807) is 18.7 Å². The number of pyridine rings is 1. The van der Waals surface area contributed by atoms with Gasteiger partial charge in [0.05, 0.1) is 0 Å². The van der Waals surface area contributed by atoms with Crippen molar-refractivity contribution in [3.63, 3.8) is 0 Å². The molecule has 0 radical (unpaired) electrons. The smallest absolute Gasteiger partial charge is 0.223 e. The van der Waals surface area contributed by atoms with Crippen LogP contribution in [0.1, 0.15) is 31.2 Å². The van der Waals surface area contributed by atoms with Crippen LogP contribution in [0.3, 0.4) is 0 Å². The maximum absolute atomic E-state index is 12.5. The van der Waals surface area contributed by atoms with Crippen molar-refractivity contribution in [2.24, 2.45) is 11.8 Å². The van der Waals surface area contributed by atoms with Gasteiger partial charge in [0.1, 0.15) is 18.0 Å². The van der Waals surface area contributed by atoms with Crippen molar-refractivity contribution in [3.8, 4) is 0 Å². The molecule has 2 N–H and O–H groups in total. The normalized spacial score (nSPS) is 20.2. The Morgan fingerprint density at radius 3 is 2.67 bits per heavy atom. The molecule has 0 aromatic carbocycles. The lowest BCUT2D eigenvalue weighted by Crippen LogP contribution is -2.41. The zero-order valence-electron chi connectivity index (χ0n) is 17.3. The van der Waals surface area contributed by atoms with Crippen LogP contribution in [0.2, 0.25) is 0 Å². The molecule has 2 aliphatic rings. The Labute approximate surface area is 177 Å². The van der Waals surface area contributed by atoms with E-state index in [-0.39, 0.29) is 18.4 Å². The number of nitrogens with zero attached hydrogens (tertiary/aromatic N) is 5. The van der Waals surface area contributed by atoms with Crippen molar-refractivity contribution in [2.75, 3.05) is 42.6 Å². The minimum Gasteiger partial charge on any atom is -0.396 e. The fourth-order valence-electron chi connectivity index (χ4n) is 4.31. The summed E-state index contributed by atoms with van der Waals surface area (Å²) in [6.45, 7) is 4.16. The van der Waals surface area contributed by atoms with E-state index >= 15 is 0 Å².